The predicted molar refractivity (Wildman–Crippen MR) is 127 cm³/mol. The molecule has 3 aromatic carbocycles. The van der Waals surface area contributed by atoms with Gasteiger partial charge in [0.2, 0.25) is 5.78 Å². The largest absolute Gasteiger partial charge is 0.507 e. The highest BCUT2D eigenvalue weighted by Gasteiger charge is 2.28. The van der Waals surface area contributed by atoms with Gasteiger partial charge in [-0.15, -0.1) is 0 Å². The summed E-state index contributed by atoms with van der Waals surface area (Å²) in [6, 6.07) is 23.7. The number of rotatable bonds is 8. The second kappa shape index (κ2) is 9.95. The standard InChI is InChI=1S/C27H21NO6/c29-19(16-22(30)26(32)28-18-11-5-2-6-12-18)15-21(17-9-3-1-4-10-17)24-25(31)20-13-7-8-14-23(20)34-27(24)33/h1-14,21,31H,15-16H2,(H,28,32). The van der Waals surface area contributed by atoms with E-state index in [2.05, 4.69) is 5.32 Å². The van der Waals surface area contributed by atoms with Crippen molar-refractivity contribution in [3.8, 4) is 5.75 Å². The van der Waals surface area contributed by atoms with Crippen LogP contribution in [-0.4, -0.2) is 22.6 Å². The second-order valence-electron chi connectivity index (χ2n) is 7.77. The van der Waals surface area contributed by atoms with E-state index in [9.17, 15) is 24.3 Å². The van der Waals surface area contributed by atoms with Crippen molar-refractivity contribution < 1.29 is 23.9 Å². The third kappa shape index (κ3) is 4.94. The third-order valence-corrected chi connectivity index (χ3v) is 5.44. The van der Waals surface area contributed by atoms with Gasteiger partial charge in [-0.25, -0.2) is 4.79 Å². The number of Topliss-reactive ketones (excluding diaryl/α,β-unsaturated/α-hetero) is 2. The van der Waals surface area contributed by atoms with Crippen LogP contribution in [0.15, 0.2) is 94.1 Å². The summed E-state index contributed by atoms with van der Waals surface area (Å²) in [5, 5.41) is 13.7. The van der Waals surface area contributed by atoms with Crippen molar-refractivity contribution in [2.75, 3.05) is 5.32 Å². The lowest BCUT2D eigenvalue weighted by Gasteiger charge is -2.18. The summed E-state index contributed by atoms with van der Waals surface area (Å²) in [7, 11) is 0. The Morgan fingerprint density at radius 1 is 0.853 bits per heavy atom. The minimum absolute atomic E-state index is 0.0700. The predicted octanol–water partition coefficient (Wildman–Crippen LogP) is 4.19. The molecule has 0 aliphatic rings. The highest BCUT2D eigenvalue weighted by atomic mass is 16.4. The van der Waals surface area contributed by atoms with Gasteiger partial charge in [0, 0.05) is 18.0 Å². The first-order valence-electron chi connectivity index (χ1n) is 10.6. The molecule has 0 aliphatic carbocycles. The van der Waals surface area contributed by atoms with Crippen LogP contribution in [0.2, 0.25) is 0 Å². The van der Waals surface area contributed by atoms with E-state index in [0.717, 1.165) is 0 Å². The van der Waals surface area contributed by atoms with Crippen molar-refractivity contribution >= 4 is 34.1 Å². The second-order valence-corrected chi connectivity index (χ2v) is 7.77. The van der Waals surface area contributed by atoms with Crippen LogP contribution in [0.3, 0.4) is 0 Å². The molecule has 0 bridgehead atoms. The van der Waals surface area contributed by atoms with Crippen molar-refractivity contribution in [3.63, 3.8) is 0 Å². The molecule has 1 atom stereocenters. The fourth-order valence-electron chi connectivity index (χ4n) is 3.81. The van der Waals surface area contributed by atoms with E-state index in [0.29, 0.717) is 16.6 Å². The normalized spacial score (nSPS) is 11.6. The van der Waals surface area contributed by atoms with Gasteiger partial charge in [0.25, 0.3) is 5.91 Å². The van der Waals surface area contributed by atoms with Gasteiger partial charge in [-0.3, -0.25) is 14.4 Å². The number of amides is 1. The Hall–Kier alpha value is -4.52. The highest BCUT2D eigenvalue weighted by molar-refractivity contribution is 6.43. The van der Waals surface area contributed by atoms with Gasteiger partial charge in [0.15, 0.2) is 0 Å². The van der Waals surface area contributed by atoms with Gasteiger partial charge >= 0.3 is 5.63 Å². The molecule has 1 aromatic heterocycles. The first-order valence-corrected chi connectivity index (χ1v) is 10.6. The van der Waals surface area contributed by atoms with Crippen LogP contribution in [-0.2, 0) is 14.4 Å². The van der Waals surface area contributed by atoms with Crippen LogP contribution in [0.5, 0.6) is 5.75 Å². The van der Waals surface area contributed by atoms with Crippen LogP contribution in [0.25, 0.3) is 11.0 Å². The quantitative estimate of drug-likeness (QED) is 0.234. The summed E-state index contributed by atoms with van der Waals surface area (Å²) in [5.41, 5.74) is 0.411. The van der Waals surface area contributed by atoms with Crippen molar-refractivity contribution in [3.05, 3.63) is 106 Å². The zero-order valence-electron chi connectivity index (χ0n) is 18.1. The molecule has 0 saturated heterocycles. The van der Waals surface area contributed by atoms with Crippen LogP contribution in [0, 0.1) is 0 Å². The van der Waals surface area contributed by atoms with Gasteiger partial charge < -0.3 is 14.8 Å². The Balaban J connectivity index is 1.60. The average Bonchev–Trinajstić information content (AvgIpc) is 2.84. The third-order valence-electron chi connectivity index (χ3n) is 5.44. The number of aromatic hydroxyl groups is 1. The summed E-state index contributed by atoms with van der Waals surface area (Å²) in [6.45, 7) is 0. The zero-order chi connectivity index (χ0) is 24.1. The lowest BCUT2D eigenvalue weighted by atomic mass is 9.86. The topological polar surface area (TPSA) is 114 Å². The molecule has 4 rings (SSSR count). The summed E-state index contributed by atoms with van der Waals surface area (Å²) < 4.78 is 5.39. The monoisotopic (exact) mass is 455 g/mol. The van der Waals surface area contributed by atoms with E-state index < -0.39 is 35.4 Å². The molecule has 1 unspecified atom stereocenters. The highest BCUT2D eigenvalue weighted by Crippen LogP contribution is 2.36. The zero-order valence-corrected chi connectivity index (χ0v) is 18.1. The molecule has 1 amide bonds. The number of benzene rings is 3. The number of carbonyl (C=O) groups excluding carboxylic acids is 3. The first kappa shape index (κ1) is 22.7. The van der Waals surface area contributed by atoms with Crippen molar-refractivity contribution in [2.24, 2.45) is 0 Å². The molecular weight excluding hydrogens is 434 g/mol. The lowest BCUT2D eigenvalue weighted by molar-refractivity contribution is -0.137. The molecule has 0 spiro atoms. The van der Waals surface area contributed by atoms with Crippen LogP contribution in [0.1, 0.15) is 29.9 Å². The van der Waals surface area contributed by atoms with Gasteiger partial charge in [0.05, 0.1) is 17.4 Å². The molecular formula is C27H21NO6. The molecule has 0 radical (unpaired) electrons. The Morgan fingerprint density at radius 2 is 1.47 bits per heavy atom. The maximum absolute atomic E-state index is 12.8. The number of hydrogen-bond donors (Lipinski definition) is 2. The Labute approximate surface area is 194 Å². The lowest BCUT2D eigenvalue weighted by Crippen LogP contribution is -2.26. The van der Waals surface area contributed by atoms with Crippen LogP contribution < -0.4 is 10.9 Å². The van der Waals surface area contributed by atoms with Gasteiger partial charge in [-0.1, -0.05) is 60.7 Å². The van der Waals surface area contributed by atoms with Crippen molar-refractivity contribution in [1.29, 1.82) is 0 Å². The van der Waals surface area contributed by atoms with Crippen LogP contribution >= 0.6 is 0 Å². The minimum atomic E-state index is -0.899. The number of para-hydroxylation sites is 2. The number of carbonyl (C=O) groups is 3. The van der Waals surface area contributed by atoms with E-state index in [1.54, 1.807) is 84.9 Å². The number of hydrogen-bond acceptors (Lipinski definition) is 6. The van der Waals surface area contributed by atoms with Crippen LogP contribution in [0.4, 0.5) is 5.69 Å². The average molecular weight is 455 g/mol. The maximum Gasteiger partial charge on any atom is 0.343 e. The first-order chi connectivity index (χ1) is 16.4. The van der Waals surface area contributed by atoms with E-state index >= 15 is 0 Å². The number of fused-ring (bicyclic) bond motifs is 1. The number of ketones is 2. The Bertz CT molecular complexity index is 1410. The van der Waals surface area contributed by atoms with Crippen molar-refractivity contribution in [1.82, 2.24) is 0 Å². The molecule has 34 heavy (non-hydrogen) atoms. The number of anilines is 1. The molecule has 7 nitrogen and oxygen atoms in total. The number of nitrogens with one attached hydrogen (secondary N) is 1. The van der Waals surface area contributed by atoms with E-state index in [1.807, 2.05) is 0 Å². The van der Waals surface area contributed by atoms with E-state index in [1.165, 1.54) is 0 Å². The molecule has 2 N–H and O–H groups in total. The minimum Gasteiger partial charge on any atom is -0.507 e. The fourth-order valence-corrected chi connectivity index (χ4v) is 3.81. The maximum atomic E-state index is 12.8. The summed E-state index contributed by atoms with van der Waals surface area (Å²) >= 11 is 0. The summed E-state index contributed by atoms with van der Waals surface area (Å²) in [6.07, 6.45) is -0.910. The van der Waals surface area contributed by atoms with Crippen molar-refractivity contribution in [2.45, 2.75) is 18.8 Å². The molecule has 0 fully saturated rings. The SMILES string of the molecule is O=C(CC(=O)C(=O)Nc1ccccc1)CC(c1ccccc1)c1c(O)c2ccccc2oc1=O. The van der Waals surface area contributed by atoms with Gasteiger partial charge in [-0.2, -0.15) is 0 Å². The molecule has 4 aromatic rings. The Kier molecular flexibility index (Phi) is 6.64. The molecule has 170 valence electrons. The molecule has 0 aliphatic heterocycles. The molecule has 7 heteroatoms. The van der Waals surface area contributed by atoms with E-state index in [4.69, 9.17) is 4.42 Å². The molecule has 0 saturated carbocycles. The van der Waals surface area contributed by atoms with E-state index in [-0.39, 0.29) is 23.3 Å². The summed E-state index contributed by atoms with van der Waals surface area (Å²) in [4.78, 5) is 50.2. The molecule has 1 heterocycles. The Morgan fingerprint density at radius 3 is 2.18 bits per heavy atom. The van der Waals surface area contributed by atoms with Gasteiger partial charge in [-0.05, 0) is 29.8 Å². The van der Waals surface area contributed by atoms with Gasteiger partial charge in [0.1, 0.15) is 17.1 Å². The fraction of sp³-hybridized carbons (Fsp3) is 0.111. The smallest absolute Gasteiger partial charge is 0.343 e. The summed E-state index contributed by atoms with van der Waals surface area (Å²) in [5.74, 6) is -3.48.